The molecule has 0 aliphatic carbocycles. The molecule has 2 N–H and O–H groups in total. The van der Waals surface area contributed by atoms with Crippen molar-refractivity contribution in [2.75, 3.05) is 13.6 Å². The highest BCUT2D eigenvalue weighted by atomic mass is 19.1. The van der Waals surface area contributed by atoms with Crippen molar-refractivity contribution in [3.63, 3.8) is 0 Å². The van der Waals surface area contributed by atoms with Gasteiger partial charge in [-0.3, -0.25) is 14.7 Å². The molecular formula is C14H15FN4O2. The second-order valence-corrected chi connectivity index (χ2v) is 4.55. The van der Waals surface area contributed by atoms with E-state index in [1.807, 2.05) is 0 Å². The van der Waals surface area contributed by atoms with Crippen LogP contribution in [-0.2, 0) is 11.3 Å². The Hall–Kier alpha value is -2.70. The topological polar surface area (TPSA) is 78.1 Å². The first-order valence-electron chi connectivity index (χ1n) is 6.31. The minimum Gasteiger partial charge on any atom is -0.343 e. The molecule has 1 aromatic carbocycles. The third-order valence-electron chi connectivity index (χ3n) is 2.89. The average Bonchev–Trinajstić information content (AvgIpc) is 2.97. The maximum Gasteiger partial charge on any atom is 0.251 e. The van der Waals surface area contributed by atoms with Gasteiger partial charge >= 0.3 is 0 Å². The molecule has 2 amide bonds. The summed E-state index contributed by atoms with van der Waals surface area (Å²) in [5, 5.41) is 8.91. The Morgan fingerprint density at radius 1 is 1.43 bits per heavy atom. The van der Waals surface area contributed by atoms with Gasteiger partial charge < -0.3 is 10.2 Å². The first kappa shape index (κ1) is 14.7. The fourth-order valence-corrected chi connectivity index (χ4v) is 1.75. The molecule has 21 heavy (non-hydrogen) atoms. The Morgan fingerprint density at radius 2 is 2.24 bits per heavy atom. The number of rotatable bonds is 5. The number of aromatic nitrogens is 2. The maximum atomic E-state index is 13.0. The molecule has 0 aliphatic rings. The van der Waals surface area contributed by atoms with Crippen molar-refractivity contribution in [3.8, 4) is 0 Å². The van der Waals surface area contributed by atoms with E-state index in [0.717, 1.165) is 11.6 Å². The summed E-state index contributed by atoms with van der Waals surface area (Å²) >= 11 is 0. The Morgan fingerprint density at radius 3 is 2.90 bits per heavy atom. The lowest BCUT2D eigenvalue weighted by molar-refractivity contribution is -0.129. The van der Waals surface area contributed by atoms with Gasteiger partial charge in [0.2, 0.25) is 5.91 Å². The van der Waals surface area contributed by atoms with E-state index >= 15 is 0 Å². The number of hydrogen-bond donors (Lipinski definition) is 2. The molecule has 2 rings (SSSR count). The largest absolute Gasteiger partial charge is 0.343 e. The van der Waals surface area contributed by atoms with E-state index in [1.54, 1.807) is 19.4 Å². The molecule has 0 fully saturated rings. The van der Waals surface area contributed by atoms with Crippen LogP contribution >= 0.6 is 0 Å². The Labute approximate surface area is 121 Å². The number of hydrogen-bond acceptors (Lipinski definition) is 3. The number of carbonyl (C=O) groups excluding carboxylic acids is 2. The Kier molecular flexibility index (Phi) is 4.65. The highest BCUT2D eigenvalue weighted by Crippen LogP contribution is 2.03. The van der Waals surface area contributed by atoms with Crippen LogP contribution in [0, 0.1) is 5.82 Å². The zero-order valence-corrected chi connectivity index (χ0v) is 11.5. The number of amides is 2. The molecule has 7 heteroatoms. The second-order valence-electron chi connectivity index (χ2n) is 4.55. The van der Waals surface area contributed by atoms with Crippen molar-refractivity contribution < 1.29 is 14.0 Å². The van der Waals surface area contributed by atoms with Gasteiger partial charge in [-0.1, -0.05) is 6.07 Å². The summed E-state index contributed by atoms with van der Waals surface area (Å²) in [4.78, 5) is 25.1. The van der Waals surface area contributed by atoms with Crippen molar-refractivity contribution >= 4 is 11.8 Å². The lowest BCUT2D eigenvalue weighted by Gasteiger charge is -2.16. The quantitative estimate of drug-likeness (QED) is 0.860. The maximum absolute atomic E-state index is 13.0. The molecule has 0 saturated heterocycles. The van der Waals surface area contributed by atoms with Crippen molar-refractivity contribution in [2.24, 2.45) is 0 Å². The Bertz CT molecular complexity index is 628. The highest BCUT2D eigenvalue weighted by Gasteiger charge is 2.12. The van der Waals surface area contributed by atoms with Crippen LogP contribution in [0.3, 0.4) is 0 Å². The van der Waals surface area contributed by atoms with Gasteiger partial charge in [0.25, 0.3) is 5.91 Å². The summed E-state index contributed by atoms with van der Waals surface area (Å²) in [7, 11) is 1.63. The number of nitrogens with zero attached hydrogens (tertiary/aromatic N) is 2. The molecule has 110 valence electrons. The van der Waals surface area contributed by atoms with E-state index in [9.17, 15) is 14.0 Å². The van der Waals surface area contributed by atoms with Gasteiger partial charge in [-0.15, -0.1) is 0 Å². The molecule has 2 aromatic rings. The van der Waals surface area contributed by atoms with E-state index in [0.29, 0.717) is 6.54 Å². The summed E-state index contributed by atoms with van der Waals surface area (Å²) in [6.07, 6.45) is 3.31. The Balaban J connectivity index is 1.84. The molecule has 0 atom stereocenters. The second kappa shape index (κ2) is 6.65. The van der Waals surface area contributed by atoms with Crippen LogP contribution in [0.25, 0.3) is 0 Å². The van der Waals surface area contributed by atoms with Crippen LogP contribution < -0.4 is 5.32 Å². The number of halogens is 1. The van der Waals surface area contributed by atoms with Crippen molar-refractivity contribution in [2.45, 2.75) is 6.54 Å². The van der Waals surface area contributed by atoms with Crippen molar-refractivity contribution in [3.05, 3.63) is 53.6 Å². The SMILES string of the molecule is CN(Cc1cn[nH]c1)C(=O)CNC(=O)c1cccc(F)c1. The number of carbonyl (C=O) groups is 2. The summed E-state index contributed by atoms with van der Waals surface area (Å²) < 4.78 is 13.0. The predicted octanol–water partition coefficient (Wildman–Crippen LogP) is 0.937. The fourth-order valence-electron chi connectivity index (χ4n) is 1.75. The van der Waals surface area contributed by atoms with Crippen LogP contribution in [0.1, 0.15) is 15.9 Å². The molecule has 0 aliphatic heterocycles. The zero-order valence-electron chi connectivity index (χ0n) is 11.5. The van der Waals surface area contributed by atoms with Crippen molar-refractivity contribution in [1.82, 2.24) is 20.4 Å². The van der Waals surface area contributed by atoms with E-state index in [4.69, 9.17) is 0 Å². The van der Waals surface area contributed by atoms with E-state index < -0.39 is 11.7 Å². The van der Waals surface area contributed by atoms with Gasteiger partial charge in [0, 0.05) is 30.9 Å². The van der Waals surface area contributed by atoms with Crippen LogP contribution in [0.2, 0.25) is 0 Å². The number of nitrogens with one attached hydrogen (secondary N) is 2. The number of H-pyrrole nitrogens is 1. The van der Waals surface area contributed by atoms with Crippen LogP contribution in [-0.4, -0.2) is 40.5 Å². The number of likely N-dealkylation sites (N-methyl/N-ethyl adjacent to an activating group) is 1. The molecule has 0 bridgehead atoms. The van der Waals surface area contributed by atoms with Gasteiger partial charge in [0.05, 0.1) is 12.7 Å². The predicted molar refractivity (Wildman–Crippen MR) is 73.8 cm³/mol. The summed E-state index contributed by atoms with van der Waals surface area (Å²) in [6, 6.07) is 5.30. The number of benzene rings is 1. The minimum absolute atomic E-state index is 0.149. The lowest BCUT2D eigenvalue weighted by atomic mass is 10.2. The van der Waals surface area contributed by atoms with Crippen molar-refractivity contribution in [1.29, 1.82) is 0 Å². The normalized spacial score (nSPS) is 10.2. The monoisotopic (exact) mass is 290 g/mol. The average molecular weight is 290 g/mol. The molecule has 0 radical (unpaired) electrons. The van der Waals surface area contributed by atoms with Gasteiger partial charge in [0.15, 0.2) is 0 Å². The van der Waals surface area contributed by atoms with Crippen LogP contribution in [0.5, 0.6) is 0 Å². The molecule has 1 aromatic heterocycles. The molecule has 1 heterocycles. The first-order valence-corrected chi connectivity index (χ1v) is 6.31. The summed E-state index contributed by atoms with van der Waals surface area (Å²) in [5.74, 6) is -1.23. The first-order chi connectivity index (χ1) is 10.1. The molecular weight excluding hydrogens is 275 g/mol. The van der Waals surface area contributed by atoms with Crippen LogP contribution in [0.15, 0.2) is 36.7 Å². The van der Waals surface area contributed by atoms with E-state index in [-0.39, 0.29) is 18.0 Å². The highest BCUT2D eigenvalue weighted by molar-refractivity contribution is 5.96. The lowest BCUT2D eigenvalue weighted by Crippen LogP contribution is -2.37. The molecule has 0 saturated carbocycles. The van der Waals surface area contributed by atoms with Crippen LogP contribution in [0.4, 0.5) is 4.39 Å². The minimum atomic E-state index is -0.494. The third kappa shape index (κ3) is 4.13. The fraction of sp³-hybridized carbons (Fsp3) is 0.214. The third-order valence-corrected chi connectivity index (χ3v) is 2.89. The standard InChI is InChI=1S/C14H15FN4O2/c1-19(9-10-6-17-18-7-10)13(20)8-16-14(21)11-3-2-4-12(15)5-11/h2-7H,8-9H2,1H3,(H,16,21)(H,17,18). The van der Waals surface area contributed by atoms with Gasteiger partial charge in [0.1, 0.15) is 5.82 Å². The van der Waals surface area contributed by atoms with Gasteiger partial charge in [-0.2, -0.15) is 5.10 Å². The van der Waals surface area contributed by atoms with Gasteiger partial charge in [-0.25, -0.2) is 4.39 Å². The van der Waals surface area contributed by atoms with E-state index in [2.05, 4.69) is 15.5 Å². The molecule has 0 spiro atoms. The summed E-state index contributed by atoms with van der Waals surface area (Å²) in [5.41, 5.74) is 1.04. The summed E-state index contributed by atoms with van der Waals surface area (Å²) in [6.45, 7) is 0.245. The molecule has 0 unspecified atom stereocenters. The smallest absolute Gasteiger partial charge is 0.251 e. The van der Waals surface area contributed by atoms with Gasteiger partial charge in [-0.05, 0) is 18.2 Å². The van der Waals surface area contributed by atoms with E-state index in [1.165, 1.54) is 23.1 Å². The zero-order chi connectivity index (χ0) is 15.2. The number of aromatic amines is 1. The molecule has 6 nitrogen and oxygen atoms in total.